The summed E-state index contributed by atoms with van der Waals surface area (Å²) in [5.41, 5.74) is 0.300. The Morgan fingerprint density at radius 1 is 1.50 bits per heavy atom. The van der Waals surface area contributed by atoms with Gasteiger partial charge in [0, 0.05) is 0 Å². The summed E-state index contributed by atoms with van der Waals surface area (Å²) in [4.78, 5) is 17.9. The first-order valence-electron chi connectivity index (χ1n) is 2.37. The maximum atomic E-state index is 10.2. The number of rotatable bonds is 1. The highest BCUT2D eigenvalue weighted by Gasteiger charge is 2.00. The first-order chi connectivity index (χ1) is 4.74. The van der Waals surface area contributed by atoms with Gasteiger partial charge in [-0.3, -0.25) is 4.79 Å². The van der Waals surface area contributed by atoms with Crippen molar-refractivity contribution in [3.05, 3.63) is 21.1 Å². The number of nitrogens with zero attached hydrogens (tertiary/aromatic N) is 2. The van der Waals surface area contributed by atoms with Crippen LogP contribution in [0.3, 0.4) is 0 Å². The van der Waals surface area contributed by atoms with E-state index in [1.54, 1.807) is 0 Å². The molecule has 0 radical (unpaired) electrons. The first kappa shape index (κ1) is 7.81. The van der Waals surface area contributed by atoms with E-state index < -0.39 is 0 Å². The van der Waals surface area contributed by atoms with Crippen LogP contribution in [0.2, 0.25) is 0 Å². The van der Waals surface area contributed by atoms with Gasteiger partial charge in [-0.1, -0.05) is 0 Å². The highest BCUT2D eigenvalue weighted by atomic mass is 79.9. The lowest BCUT2D eigenvalue weighted by atomic mass is 10.5. The molecule has 0 aliphatic heterocycles. The van der Waals surface area contributed by atoms with Crippen LogP contribution in [-0.2, 0) is 0 Å². The monoisotopic (exact) mass is 264 g/mol. The van der Waals surface area contributed by atoms with Crippen molar-refractivity contribution in [2.24, 2.45) is 0 Å². The van der Waals surface area contributed by atoms with Crippen molar-refractivity contribution in [3.63, 3.8) is 0 Å². The van der Waals surface area contributed by atoms with Gasteiger partial charge in [-0.25, -0.2) is 9.97 Å². The molecule has 1 heterocycles. The number of hydrogen-bond donors (Lipinski definition) is 0. The Hall–Kier alpha value is -0.290. The number of hydrogen-bond acceptors (Lipinski definition) is 3. The lowest BCUT2D eigenvalue weighted by Gasteiger charge is -1.92. The Morgan fingerprint density at radius 3 is 2.70 bits per heavy atom. The van der Waals surface area contributed by atoms with Gasteiger partial charge < -0.3 is 0 Å². The standard InChI is InChI=1S/C5H2Br2N2O/c6-4-1-8-5(7)3(2-10)9-4/h1-2H. The van der Waals surface area contributed by atoms with Gasteiger partial charge in [-0.05, 0) is 31.9 Å². The number of aldehydes is 1. The SMILES string of the molecule is O=Cc1nc(Br)cnc1Br. The lowest BCUT2D eigenvalue weighted by Crippen LogP contribution is -1.91. The van der Waals surface area contributed by atoms with Crippen LogP contribution < -0.4 is 0 Å². The molecule has 1 aromatic heterocycles. The van der Waals surface area contributed by atoms with E-state index in [2.05, 4.69) is 41.8 Å². The summed E-state index contributed by atoms with van der Waals surface area (Å²) >= 11 is 6.15. The van der Waals surface area contributed by atoms with Crippen LogP contribution >= 0.6 is 31.9 Å². The fourth-order valence-electron chi connectivity index (χ4n) is 0.441. The predicted octanol–water partition coefficient (Wildman–Crippen LogP) is 1.81. The molecule has 10 heavy (non-hydrogen) atoms. The van der Waals surface area contributed by atoms with E-state index >= 15 is 0 Å². The quantitative estimate of drug-likeness (QED) is 0.728. The molecule has 5 heteroatoms. The van der Waals surface area contributed by atoms with Gasteiger partial charge in [-0.2, -0.15) is 0 Å². The molecule has 1 aromatic rings. The van der Waals surface area contributed by atoms with E-state index in [1.807, 2.05) is 0 Å². The summed E-state index contributed by atoms with van der Waals surface area (Å²) in [6, 6.07) is 0. The van der Waals surface area contributed by atoms with Crippen molar-refractivity contribution in [2.45, 2.75) is 0 Å². The molecule has 3 nitrogen and oxygen atoms in total. The molecule has 0 aliphatic rings. The van der Waals surface area contributed by atoms with E-state index in [4.69, 9.17) is 0 Å². The van der Waals surface area contributed by atoms with Crippen molar-refractivity contribution in [1.29, 1.82) is 0 Å². The Morgan fingerprint density at radius 2 is 2.20 bits per heavy atom. The number of halogens is 2. The summed E-state index contributed by atoms with van der Waals surface area (Å²) in [6.45, 7) is 0. The average molecular weight is 266 g/mol. The molecule has 0 atom stereocenters. The van der Waals surface area contributed by atoms with Crippen molar-refractivity contribution in [3.8, 4) is 0 Å². The van der Waals surface area contributed by atoms with Crippen LogP contribution in [0, 0.1) is 0 Å². The molecule has 0 fully saturated rings. The molecule has 0 bridgehead atoms. The summed E-state index contributed by atoms with van der Waals surface area (Å²) in [5, 5.41) is 0. The lowest BCUT2D eigenvalue weighted by molar-refractivity contribution is 0.111. The molecule has 0 saturated heterocycles. The van der Waals surface area contributed by atoms with Gasteiger partial charge in [0.2, 0.25) is 0 Å². The summed E-state index contributed by atoms with van der Waals surface area (Å²) in [6.07, 6.45) is 2.15. The zero-order valence-electron chi connectivity index (χ0n) is 4.71. The number of aromatic nitrogens is 2. The third-order valence-corrected chi connectivity index (χ3v) is 1.83. The largest absolute Gasteiger partial charge is 0.296 e. The van der Waals surface area contributed by atoms with Crippen LogP contribution in [0.15, 0.2) is 15.4 Å². The molecular weight excluding hydrogens is 264 g/mol. The van der Waals surface area contributed by atoms with Crippen LogP contribution in [0.1, 0.15) is 10.5 Å². The highest BCUT2D eigenvalue weighted by Crippen LogP contribution is 2.11. The van der Waals surface area contributed by atoms with Gasteiger partial charge >= 0.3 is 0 Å². The zero-order valence-corrected chi connectivity index (χ0v) is 7.89. The second-order valence-corrected chi connectivity index (χ2v) is 3.05. The summed E-state index contributed by atoms with van der Waals surface area (Å²) in [7, 11) is 0. The van der Waals surface area contributed by atoms with Crippen molar-refractivity contribution >= 4 is 38.1 Å². The molecule has 1 rings (SSSR count). The first-order valence-corrected chi connectivity index (χ1v) is 3.96. The van der Waals surface area contributed by atoms with Crippen LogP contribution in [0.5, 0.6) is 0 Å². The zero-order chi connectivity index (χ0) is 7.56. The minimum Gasteiger partial charge on any atom is -0.296 e. The molecule has 0 N–H and O–H groups in total. The van der Waals surface area contributed by atoms with Gasteiger partial charge in [0.15, 0.2) is 6.29 Å². The number of carbonyl (C=O) groups is 1. The smallest absolute Gasteiger partial charge is 0.171 e. The van der Waals surface area contributed by atoms with Crippen LogP contribution in [0.4, 0.5) is 0 Å². The Labute approximate surface area is 74.1 Å². The topological polar surface area (TPSA) is 42.9 Å². The molecule has 0 spiro atoms. The Bertz CT molecular complexity index is 264. The van der Waals surface area contributed by atoms with Crippen LogP contribution in [0.25, 0.3) is 0 Å². The van der Waals surface area contributed by atoms with Gasteiger partial charge in [0.1, 0.15) is 14.9 Å². The fourth-order valence-corrected chi connectivity index (χ4v) is 1.02. The number of carbonyl (C=O) groups excluding carboxylic acids is 1. The normalized spacial score (nSPS) is 9.40. The van der Waals surface area contributed by atoms with Crippen LogP contribution in [-0.4, -0.2) is 16.3 Å². The molecular formula is C5H2Br2N2O. The van der Waals surface area contributed by atoms with E-state index in [0.717, 1.165) is 0 Å². The van der Waals surface area contributed by atoms with Crippen molar-refractivity contribution < 1.29 is 4.79 Å². The highest BCUT2D eigenvalue weighted by molar-refractivity contribution is 9.10. The predicted molar refractivity (Wildman–Crippen MR) is 42.8 cm³/mol. The molecule has 52 valence electrons. The maximum Gasteiger partial charge on any atom is 0.171 e. The summed E-state index contributed by atoms with van der Waals surface area (Å²) in [5.74, 6) is 0. The van der Waals surface area contributed by atoms with Crippen molar-refractivity contribution in [2.75, 3.05) is 0 Å². The Kier molecular flexibility index (Phi) is 2.50. The third kappa shape index (κ3) is 1.60. The van der Waals surface area contributed by atoms with Gasteiger partial charge in [-0.15, -0.1) is 0 Å². The van der Waals surface area contributed by atoms with E-state index in [-0.39, 0.29) is 0 Å². The molecule has 0 amide bonds. The average Bonchev–Trinajstić information content (AvgIpc) is 1.94. The molecule has 0 aliphatic carbocycles. The second kappa shape index (κ2) is 3.21. The third-order valence-electron chi connectivity index (χ3n) is 0.835. The van der Waals surface area contributed by atoms with Gasteiger partial charge in [0.25, 0.3) is 0 Å². The molecule has 0 unspecified atom stereocenters. The Balaban J connectivity index is 3.21. The van der Waals surface area contributed by atoms with Crippen molar-refractivity contribution in [1.82, 2.24) is 9.97 Å². The summed E-state index contributed by atoms with van der Waals surface area (Å²) < 4.78 is 1.02. The van der Waals surface area contributed by atoms with E-state index in [1.165, 1.54) is 6.20 Å². The second-order valence-electron chi connectivity index (χ2n) is 1.49. The minimum atomic E-state index is 0.300. The maximum absolute atomic E-state index is 10.2. The molecule has 0 aromatic carbocycles. The van der Waals surface area contributed by atoms with E-state index in [9.17, 15) is 4.79 Å². The van der Waals surface area contributed by atoms with E-state index in [0.29, 0.717) is 21.2 Å². The molecule has 0 saturated carbocycles. The minimum absolute atomic E-state index is 0.300. The fraction of sp³-hybridized carbons (Fsp3) is 0. The van der Waals surface area contributed by atoms with Gasteiger partial charge in [0.05, 0.1) is 6.20 Å².